The van der Waals surface area contributed by atoms with Crippen molar-refractivity contribution in [3.63, 3.8) is 0 Å². The zero-order chi connectivity index (χ0) is 18.1. The lowest BCUT2D eigenvalue weighted by atomic mass is 10.1. The quantitative estimate of drug-likeness (QED) is 0.885. The smallest absolute Gasteiger partial charge is 0.410 e. The lowest BCUT2D eigenvalue weighted by Crippen LogP contribution is -2.36. The van der Waals surface area contributed by atoms with Crippen LogP contribution in [0.5, 0.6) is 0 Å². The largest absolute Gasteiger partial charge is 0.478 e. The van der Waals surface area contributed by atoms with Crippen LogP contribution in [0, 0.1) is 6.92 Å². The van der Waals surface area contributed by atoms with Gasteiger partial charge >= 0.3 is 12.1 Å². The Bertz CT molecular complexity index is 642. The van der Waals surface area contributed by atoms with E-state index in [1.807, 2.05) is 0 Å². The van der Waals surface area contributed by atoms with Crippen molar-refractivity contribution >= 4 is 17.7 Å². The van der Waals surface area contributed by atoms with E-state index in [0.29, 0.717) is 11.3 Å². The summed E-state index contributed by atoms with van der Waals surface area (Å²) in [5, 5.41) is 12.1. The minimum atomic E-state index is -1.26. The molecule has 2 rings (SSSR count). The third kappa shape index (κ3) is 4.37. The molecule has 1 aliphatic rings. The Balaban J connectivity index is 2.05. The molecular formula is C17H23FN2O4. The molecule has 1 heterocycles. The first-order valence-electron chi connectivity index (χ1n) is 7.79. The molecule has 0 aliphatic carbocycles. The fourth-order valence-electron chi connectivity index (χ4n) is 2.53. The number of aryl methyl sites for hydroxylation is 1. The average Bonchev–Trinajstić information content (AvgIpc) is 2.80. The second kappa shape index (κ2) is 6.67. The number of aromatic carboxylic acids is 1. The van der Waals surface area contributed by atoms with Crippen LogP contribution in [0.25, 0.3) is 0 Å². The number of halogens is 1. The van der Waals surface area contributed by atoms with E-state index in [0.717, 1.165) is 0 Å². The van der Waals surface area contributed by atoms with Crippen LogP contribution in [0.4, 0.5) is 14.9 Å². The molecule has 132 valence electrons. The summed E-state index contributed by atoms with van der Waals surface area (Å²) >= 11 is 0. The molecule has 0 unspecified atom stereocenters. The number of hydrogen-bond donors (Lipinski definition) is 2. The van der Waals surface area contributed by atoms with E-state index in [2.05, 4.69) is 5.32 Å². The van der Waals surface area contributed by atoms with Gasteiger partial charge in [0.1, 0.15) is 11.8 Å². The highest BCUT2D eigenvalue weighted by Crippen LogP contribution is 2.22. The van der Waals surface area contributed by atoms with Gasteiger partial charge in [0.05, 0.1) is 18.2 Å². The normalized spacial score (nSPS) is 20.8. The highest BCUT2D eigenvalue weighted by atomic mass is 19.1. The van der Waals surface area contributed by atoms with Gasteiger partial charge in [-0.05, 0) is 45.4 Å². The number of likely N-dealkylation sites (tertiary alicyclic amines) is 1. The topological polar surface area (TPSA) is 78.9 Å². The van der Waals surface area contributed by atoms with Crippen molar-refractivity contribution in [3.05, 3.63) is 29.3 Å². The molecule has 0 radical (unpaired) electrons. The molecule has 2 atom stereocenters. The maximum Gasteiger partial charge on any atom is 0.410 e. The molecule has 6 nitrogen and oxygen atoms in total. The molecule has 1 amide bonds. The summed E-state index contributed by atoms with van der Waals surface area (Å²) < 4.78 is 19.5. The second-order valence-corrected chi connectivity index (χ2v) is 6.99. The van der Waals surface area contributed by atoms with Crippen molar-refractivity contribution < 1.29 is 23.8 Å². The van der Waals surface area contributed by atoms with E-state index >= 15 is 0 Å². The maximum absolute atomic E-state index is 14.2. The monoisotopic (exact) mass is 338 g/mol. The standard InChI is InChI=1S/C17H23FN2O4/c1-10-5-6-11(7-12(10)15(21)22)19-14-9-20(8-13(14)18)16(23)24-17(2,3)4/h5-7,13-14,19H,8-9H2,1-4H3,(H,21,22)/t13-,14+/m1/s1. The van der Waals surface area contributed by atoms with E-state index in [-0.39, 0.29) is 18.7 Å². The van der Waals surface area contributed by atoms with E-state index in [1.54, 1.807) is 39.8 Å². The zero-order valence-corrected chi connectivity index (χ0v) is 14.3. The van der Waals surface area contributed by atoms with Gasteiger partial charge in [-0.15, -0.1) is 0 Å². The number of ether oxygens (including phenoxy) is 1. The Morgan fingerprint density at radius 2 is 2.00 bits per heavy atom. The fraction of sp³-hybridized carbons (Fsp3) is 0.529. The number of carboxylic acids is 1. The van der Waals surface area contributed by atoms with Crippen molar-refractivity contribution in [2.75, 3.05) is 18.4 Å². The summed E-state index contributed by atoms with van der Waals surface area (Å²) in [6.45, 7) is 7.07. The number of carbonyl (C=O) groups excluding carboxylic acids is 1. The van der Waals surface area contributed by atoms with Gasteiger partial charge < -0.3 is 20.1 Å². The predicted molar refractivity (Wildman–Crippen MR) is 88.3 cm³/mol. The predicted octanol–water partition coefficient (Wildman–Crippen LogP) is 3.06. The molecule has 0 spiro atoms. The Hall–Kier alpha value is -2.31. The Kier molecular flexibility index (Phi) is 5.01. The molecule has 1 aromatic carbocycles. The Morgan fingerprint density at radius 3 is 2.58 bits per heavy atom. The van der Waals surface area contributed by atoms with Crippen molar-refractivity contribution in [2.45, 2.75) is 45.5 Å². The lowest BCUT2D eigenvalue weighted by Gasteiger charge is -2.24. The van der Waals surface area contributed by atoms with Crippen LogP contribution < -0.4 is 5.32 Å². The Labute approximate surface area is 140 Å². The number of anilines is 1. The molecule has 7 heteroatoms. The fourth-order valence-corrected chi connectivity index (χ4v) is 2.53. The van der Waals surface area contributed by atoms with E-state index in [4.69, 9.17) is 9.84 Å². The van der Waals surface area contributed by atoms with Gasteiger partial charge in [-0.2, -0.15) is 0 Å². The zero-order valence-electron chi connectivity index (χ0n) is 14.3. The van der Waals surface area contributed by atoms with Crippen LogP contribution in [0.15, 0.2) is 18.2 Å². The molecular weight excluding hydrogens is 315 g/mol. The first-order chi connectivity index (χ1) is 11.1. The highest BCUT2D eigenvalue weighted by molar-refractivity contribution is 5.90. The third-order valence-electron chi connectivity index (χ3n) is 3.72. The van der Waals surface area contributed by atoms with Crippen LogP contribution >= 0.6 is 0 Å². The summed E-state index contributed by atoms with van der Waals surface area (Å²) in [7, 11) is 0. The highest BCUT2D eigenvalue weighted by Gasteiger charge is 2.37. The summed E-state index contributed by atoms with van der Waals surface area (Å²) in [5.41, 5.74) is 0.669. The van der Waals surface area contributed by atoms with Crippen molar-refractivity contribution in [3.8, 4) is 0 Å². The van der Waals surface area contributed by atoms with Crippen molar-refractivity contribution in [1.29, 1.82) is 0 Å². The number of hydrogen-bond acceptors (Lipinski definition) is 4. The number of nitrogens with one attached hydrogen (secondary N) is 1. The number of benzene rings is 1. The third-order valence-corrected chi connectivity index (χ3v) is 3.72. The molecule has 0 aromatic heterocycles. The molecule has 0 saturated carbocycles. The van der Waals surface area contributed by atoms with Gasteiger partial charge in [0, 0.05) is 12.2 Å². The van der Waals surface area contributed by atoms with Crippen LogP contribution in [0.2, 0.25) is 0 Å². The number of carbonyl (C=O) groups is 2. The van der Waals surface area contributed by atoms with Gasteiger partial charge in [0.2, 0.25) is 0 Å². The summed E-state index contributed by atoms with van der Waals surface area (Å²) in [6, 6.07) is 4.23. The average molecular weight is 338 g/mol. The van der Waals surface area contributed by atoms with Gasteiger partial charge in [-0.3, -0.25) is 0 Å². The molecule has 1 fully saturated rings. The summed E-state index contributed by atoms with van der Waals surface area (Å²) in [5.74, 6) is -1.03. The number of amides is 1. The molecule has 0 bridgehead atoms. The lowest BCUT2D eigenvalue weighted by molar-refractivity contribution is 0.0283. The SMILES string of the molecule is Cc1ccc(N[C@H]2CN(C(=O)OC(C)(C)C)C[C@H]2F)cc1C(=O)O. The van der Waals surface area contributed by atoms with E-state index in [9.17, 15) is 14.0 Å². The van der Waals surface area contributed by atoms with Gasteiger partial charge in [-0.1, -0.05) is 6.07 Å². The Morgan fingerprint density at radius 1 is 1.33 bits per heavy atom. The van der Waals surface area contributed by atoms with Crippen LogP contribution in [0.1, 0.15) is 36.7 Å². The van der Waals surface area contributed by atoms with Gasteiger partial charge in [0.25, 0.3) is 0 Å². The van der Waals surface area contributed by atoms with Gasteiger partial charge in [-0.25, -0.2) is 14.0 Å². The van der Waals surface area contributed by atoms with E-state index in [1.165, 1.54) is 11.0 Å². The van der Waals surface area contributed by atoms with E-state index < -0.39 is 29.9 Å². The number of carboxylic acid groups (broad SMARTS) is 1. The number of rotatable bonds is 3. The van der Waals surface area contributed by atoms with Gasteiger partial charge in [0.15, 0.2) is 0 Å². The summed E-state index contributed by atoms with van der Waals surface area (Å²) in [4.78, 5) is 24.5. The minimum Gasteiger partial charge on any atom is -0.478 e. The van der Waals surface area contributed by atoms with Crippen LogP contribution in [0.3, 0.4) is 0 Å². The first-order valence-corrected chi connectivity index (χ1v) is 7.79. The van der Waals surface area contributed by atoms with Crippen molar-refractivity contribution in [2.24, 2.45) is 0 Å². The van der Waals surface area contributed by atoms with Crippen LogP contribution in [-0.4, -0.2) is 53.0 Å². The van der Waals surface area contributed by atoms with Crippen LogP contribution in [-0.2, 0) is 4.74 Å². The molecule has 1 aromatic rings. The minimum absolute atomic E-state index is 0.0514. The summed E-state index contributed by atoms with van der Waals surface area (Å²) in [6.07, 6.45) is -1.81. The molecule has 2 N–H and O–H groups in total. The maximum atomic E-state index is 14.2. The molecule has 24 heavy (non-hydrogen) atoms. The van der Waals surface area contributed by atoms with Crippen molar-refractivity contribution in [1.82, 2.24) is 4.90 Å². The first kappa shape index (κ1) is 18.0. The number of nitrogens with zero attached hydrogens (tertiary/aromatic N) is 1. The molecule has 1 aliphatic heterocycles. The molecule has 1 saturated heterocycles. The number of alkyl halides is 1. The second-order valence-electron chi connectivity index (χ2n) is 6.99.